The largest absolute Gasteiger partial charge is 0.342 e. The first-order valence-electron chi connectivity index (χ1n) is 6.51. The highest BCUT2D eigenvalue weighted by atomic mass is 16.8. The Morgan fingerprint density at radius 3 is 2.61 bits per heavy atom. The molecule has 2 heterocycles. The van der Waals surface area contributed by atoms with Crippen molar-refractivity contribution in [3.8, 4) is 0 Å². The molecule has 0 aromatic heterocycles. The van der Waals surface area contributed by atoms with Crippen LogP contribution in [-0.4, -0.2) is 30.1 Å². The summed E-state index contributed by atoms with van der Waals surface area (Å²) in [6.45, 7) is 3.94. The topological polar surface area (TPSA) is 30.9 Å². The second-order valence-electron chi connectivity index (χ2n) is 5.67. The maximum atomic E-state index is 6.01. The van der Waals surface area contributed by atoms with Crippen LogP contribution in [0.5, 0.6) is 0 Å². The van der Waals surface area contributed by atoms with Crippen LogP contribution < -0.4 is 5.06 Å². The van der Waals surface area contributed by atoms with Gasteiger partial charge in [-0.3, -0.25) is 4.84 Å². The van der Waals surface area contributed by atoms with Crippen molar-refractivity contribution >= 4 is 5.69 Å². The van der Waals surface area contributed by atoms with Gasteiger partial charge in [-0.2, -0.15) is 0 Å². The van der Waals surface area contributed by atoms with Crippen LogP contribution in [0.4, 0.5) is 5.69 Å². The minimum absolute atomic E-state index is 0.0879. The van der Waals surface area contributed by atoms with E-state index in [1.807, 2.05) is 37.1 Å². The molecule has 18 heavy (non-hydrogen) atoms. The fraction of sp³-hybridized carbons (Fsp3) is 0.571. The van der Waals surface area contributed by atoms with Gasteiger partial charge in [-0.25, -0.2) is 5.06 Å². The van der Waals surface area contributed by atoms with Crippen LogP contribution in [0.25, 0.3) is 0 Å². The zero-order valence-electron chi connectivity index (χ0n) is 10.6. The van der Waals surface area contributed by atoms with Gasteiger partial charge in [0.1, 0.15) is 18.3 Å². The number of hydrogen-bond acceptors (Lipinski definition) is 4. The van der Waals surface area contributed by atoms with Gasteiger partial charge in [0.25, 0.3) is 0 Å². The van der Waals surface area contributed by atoms with E-state index in [2.05, 4.69) is 12.1 Å². The van der Waals surface area contributed by atoms with Crippen LogP contribution in [0, 0.1) is 0 Å². The van der Waals surface area contributed by atoms with E-state index in [0.717, 1.165) is 12.1 Å². The number of nitrogens with zero attached hydrogens (tertiary/aromatic N) is 1. The van der Waals surface area contributed by atoms with Crippen LogP contribution in [0.15, 0.2) is 30.3 Å². The van der Waals surface area contributed by atoms with Gasteiger partial charge in [-0.1, -0.05) is 18.2 Å². The first-order chi connectivity index (χ1) is 8.64. The highest BCUT2D eigenvalue weighted by molar-refractivity contribution is 5.46. The molecule has 2 saturated heterocycles. The zero-order valence-corrected chi connectivity index (χ0v) is 10.6. The van der Waals surface area contributed by atoms with E-state index in [4.69, 9.17) is 14.3 Å². The molecule has 3 fully saturated rings. The minimum atomic E-state index is -0.484. The predicted octanol–water partition coefficient (Wildman–Crippen LogP) is 2.10. The summed E-state index contributed by atoms with van der Waals surface area (Å²) >= 11 is 0. The van der Waals surface area contributed by atoms with Crippen LogP contribution in [0.1, 0.15) is 20.3 Å². The summed E-state index contributed by atoms with van der Waals surface area (Å²) in [5, 5.41) is 2.00. The number of benzene rings is 1. The highest BCUT2D eigenvalue weighted by Crippen LogP contribution is 2.47. The number of fused-ring (bicyclic) bond motifs is 5. The Morgan fingerprint density at radius 1 is 1.11 bits per heavy atom. The fourth-order valence-corrected chi connectivity index (χ4v) is 3.29. The normalized spacial score (nSPS) is 40.2. The molecule has 0 N–H and O–H groups in total. The van der Waals surface area contributed by atoms with Gasteiger partial charge in [0.05, 0.1) is 11.7 Å². The summed E-state index contributed by atoms with van der Waals surface area (Å²) in [7, 11) is 0. The third-order valence-corrected chi connectivity index (χ3v) is 3.94. The second kappa shape index (κ2) is 3.47. The van der Waals surface area contributed by atoms with Crippen molar-refractivity contribution in [1.82, 2.24) is 0 Å². The van der Waals surface area contributed by atoms with Crippen LogP contribution in [0.3, 0.4) is 0 Å². The van der Waals surface area contributed by atoms with Crippen molar-refractivity contribution in [2.75, 3.05) is 5.06 Å². The Morgan fingerprint density at radius 2 is 1.83 bits per heavy atom. The second-order valence-corrected chi connectivity index (χ2v) is 5.67. The van der Waals surface area contributed by atoms with Gasteiger partial charge >= 0.3 is 0 Å². The molecule has 1 aliphatic carbocycles. The Hall–Kier alpha value is -1.10. The lowest BCUT2D eigenvalue weighted by molar-refractivity contribution is -0.156. The first kappa shape index (κ1) is 10.8. The molecule has 96 valence electrons. The summed E-state index contributed by atoms with van der Waals surface area (Å²) in [5.41, 5.74) is 1.09. The van der Waals surface area contributed by atoms with Gasteiger partial charge in [-0.05, 0) is 26.0 Å². The van der Waals surface area contributed by atoms with Crippen molar-refractivity contribution in [1.29, 1.82) is 0 Å². The predicted molar refractivity (Wildman–Crippen MR) is 66.0 cm³/mol. The SMILES string of the molecule is CC1(C)O[C@@H]2[C@H](O1)[C@@H]1C[C@@H]2N(c2ccccc2)O1. The van der Waals surface area contributed by atoms with Crippen molar-refractivity contribution < 1.29 is 14.3 Å². The number of ether oxygens (including phenoxy) is 2. The number of hydroxylamine groups is 1. The van der Waals surface area contributed by atoms with E-state index in [1.165, 1.54) is 0 Å². The monoisotopic (exact) mass is 247 g/mol. The van der Waals surface area contributed by atoms with Gasteiger partial charge in [0.15, 0.2) is 5.79 Å². The standard InChI is InChI=1S/C14H17NO3/c1-14(2)16-12-10-8-11(13(12)17-14)18-15(10)9-6-4-3-5-7-9/h3-7,10-13H,8H2,1-2H3/t10-,11-,12-,13+/m0/s1. The molecule has 0 amide bonds. The summed E-state index contributed by atoms with van der Waals surface area (Å²) in [5.74, 6) is -0.484. The maximum Gasteiger partial charge on any atom is 0.164 e. The molecule has 0 radical (unpaired) electrons. The summed E-state index contributed by atoms with van der Waals surface area (Å²) < 4.78 is 11.9. The average Bonchev–Trinajstić information content (AvgIpc) is 2.98. The van der Waals surface area contributed by atoms with Gasteiger partial charge in [0.2, 0.25) is 0 Å². The molecule has 1 aromatic carbocycles. The van der Waals surface area contributed by atoms with E-state index in [0.29, 0.717) is 0 Å². The van der Waals surface area contributed by atoms with Gasteiger partial charge in [-0.15, -0.1) is 0 Å². The quantitative estimate of drug-likeness (QED) is 0.760. The Balaban J connectivity index is 1.62. The lowest BCUT2D eigenvalue weighted by atomic mass is 10.1. The van der Waals surface area contributed by atoms with Gasteiger partial charge in [0, 0.05) is 6.42 Å². The van der Waals surface area contributed by atoms with E-state index in [9.17, 15) is 0 Å². The number of anilines is 1. The van der Waals surface area contributed by atoms with Crippen molar-refractivity contribution in [3.05, 3.63) is 30.3 Å². The molecule has 2 aliphatic heterocycles. The van der Waals surface area contributed by atoms with Crippen LogP contribution in [0.2, 0.25) is 0 Å². The zero-order chi connectivity index (χ0) is 12.3. The number of para-hydroxylation sites is 1. The molecule has 1 saturated carbocycles. The average molecular weight is 247 g/mol. The van der Waals surface area contributed by atoms with Crippen molar-refractivity contribution in [2.45, 2.75) is 50.4 Å². The maximum absolute atomic E-state index is 6.01. The Bertz CT molecular complexity index is 461. The lowest BCUT2D eigenvalue weighted by Gasteiger charge is -2.33. The lowest BCUT2D eigenvalue weighted by Crippen LogP contribution is -2.47. The van der Waals surface area contributed by atoms with Gasteiger partial charge < -0.3 is 9.47 Å². The third kappa shape index (κ3) is 1.43. The third-order valence-electron chi connectivity index (χ3n) is 3.94. The molecule has 1 aromatic rings. The summed E-state index contributed by atoms with van der Waals surface area (Å²) in [4.78, 5) is 5.98. The fourth-order valence-electron chi connectivity index (χ4n) is 3.29. The molecule has 3 aliphatic rings. The molecular weight excluding hydrogens is 230 g/mol. The smallest absolute Gasteiger partial charge is 0.164 e. The van der Waals surface area contributed by atoms with Crippen LogP contribution >= 0.6 is 0 Å². The molecule has 2 bridgehead atoms. The summed E-state index contributed by atoms with van der Waals surface area (Å²) in [6, 6.07) is 10.5. The van der Waals surface area contributed by atoms with E-state index < -0.39 is 5.79 Å². The van der Waals surface area contributed by atoms with Crippen LogP contribution in [-0.2, 0) is 14.3 Å². The molecule has 4 heteroatoms. The molecule has 0 unspecified atom stereocenters. The Labute approximate surface area is 106 Å². The number of rotatable bonds is 1. The summed E-state index contributed by atoms with van der Waals surface area (Å²) in [6.07, 6.45) is 1.33. The highest BCUT2D eigenvalue weighted by Gasteiger charge is 2.61. The van der Waals surface area contributed by atoms with Crippen molar-refractivity contribution in [3.63, 3.8) is 0 Å². The molecule has 0 spiro atoms. The first-order valence-corrected chi connectivity index (χ1v) is 6.51. The molecular formula is C14H17NO3. The van der Waals surface area contributed by atoms with E-state index in [-0.39, 0.29) is 24.4 Å². The molecule has 4 rings (SSSR count). The number of hydrogen-bond donors (Lipinski definition) is 0. The Kier molecular flexibility index (Phi) is 2.08. The molecule has 4 atom stereocenters. The van der Waals surface area contributed by atoms with E-state index >= 15 is 0 Å². The minimum Gasteiger partial charge on any atom is -0.342 e. The molecule has 4 nitrogen and oxygen atoms in total. The van der Waals surface area contributed by atoms with E-state index in [1.54, 1.807) is 0 Å². The van der Waals surface area contributed by atoms with Crippen molar-refractivity contribution in [2.24, 2.45) is 0 Å².